The zero-order valence-electron chi connectivity index (χ0n) is 10.7. The van der Waals surface area contributed by atoms with E-state index in [-0.39, 0.29) is 0 Å². The van der Waals surface area contributed by atoms with E-state index < -0.39 is 0 Å². The highest BCUT2D eigenvalue weighted by atomic mass is 16.5. The molecule has 1 aromatic heterocycles. The number of pyridine rings is 1. The zero-order valence-corrected chi connectivity index (χ0v) is 10.7. The molecule has 1 aromatic rings. The van der Waals surface area contributed by atoms with Crippen LogP contribution in [0.25, 0.3) is 0 Å². The molecule has 2 rings (SSSR count). The van der Waals surface area contributed by atoms with Gasteiger partial charge in [-0.05, 0) is 31.0 Å². The first-order valence-electron chi connectivity index (χ1n) is 6.29. The fourth-order valence-corrected chi connectivity index (χ4v) is 2.38. The molecule has 0 spiro atoms. The second kappa shape index (κ2) is 5.36. The van der Waals surface area contributed by atoms with E-state index >= 15 is 0 Å². The SMILES string of the molecule is CCCN1CCc2cc(N)c(OC)nc2CC1. The normalized spacial score (nSPS) is 16.4. The van der Waals surface area contributed by atoms with Gasteiger partial charge < -0.3 is 15.4 Å². The summed E-state index contributed by atoms with van der Waals surface area (Å²) >= 11 is 0. The quantitative estimate of drug-likeness (QED) is 0.862. The highest BCUT2D eigenvalue weighted by molar-refractivity contribution is 5.51. The summed E-state index contributed by atoms with van der Waals surface area (Å²) in [5.41, 5.74) is 8.97. The van der Waals surface area contributed by atoms with Crippen molar-refractivity contribution >= 4 is 5.69 Å². The molecule has 2 heterocycles. The maximum atomic E-state index is 5.90. The van der Waals surface area contributed by atoms with Gasteiger partial charge in [-0.15, -0.1) is 0 Å². The largest absolute Gasteiger partial charge is 0.480 e. The van der Waals surface area contributed by atoms with Crippen molar-refractivity contribution in [3.05, 3.63) is 17.3 Å². The summed E-state index contributed by atoms with van der Waals surface area (Å²) in [6.07, 6.45) is 3.23. The van der Waals surface area contributed by atoms with Crippen LogP contribution < -0.4 is 10.5 Å². The Bertz CT molecular complexity index is 392. The summed E-state index contributed by atoms with van der Waals surface area (Å²) in [6, 6.07) is 2.02. The Labute approximate surface area is 103 Å². The van der Waals surface area contributed by atoms with Crippen LogP contribution in [-0.4, -0.2) is 36.6 Å². The molecule has 0 amide bonds. The average Bonchev–Trinajstić information content (AvgIpc) is 2.52. The van der Waals surface area contributed by atoms with Crippen molar-refractivity contribution in [3.8, 4) is 5.88 Å². The molecule has 94 valence electrons. The third-order valence-corrected chi connectivity index (χ3v) is 3.28. The fourth-order valence-electron chi connectivity index (χ4n) is 2.38. The van der Waals surface area contributed by atoms with Gasteiger partial charge in [0, 0.05) is 25.2 Å². The lowest BCUT2D eigenvalue weighted by atomic mass is 10.1. The Balaban J connectivity index is 2.19. The van der Waals surface area contributed by atoms with Gasteiger partial charge in [0.25, 0.3) is 0 Å². The van der Waals surface area contributed by atoms with Crippen molar-refractivity contribution < 1.29 is 4.74 Å². The van der Waals surface area contributed by atoms with Crippen molar-refractivity contribution in [3.63, 3.8) is 0 Å². The number of hydrogen-bond acceptors (Lipinski definition) is 4. The van der Waals surface area contributed by atoms with Crippen LogP contribution in [0.5, 0.6) is 5.88 Å². The van der Waals surface area contributed by atoms with Crippen LogP contribution in [0.2, 0.25) is 0 Å². The second-order valence-electron chi connectivity index (χ2n) is 4.53. The second-order valence-corrected chi connectivity index (χ2v) is 4.53. The van der Waals surface area contributed by atoms with Crippen molar-refractivity contribution in [1.82, 2.24) is 9.88 Å². The van der Waals surface area contributed by atoms with Crippen LogP contribution in [0.3, 0.4) is 0 Å². The van der Waals surface area contributed by atoms with Gasteiger partial charge in [-0.25, -0.2) is 4.98 Å². The van der Waals surface area contributed by atoms with E-state index in [9.17, 15) is 0 Å². The predicted octanol–water partition coefficient (Wildman–Crippen LogP) is 1.48. The first-order chi connectivity index (χ1) is 8.24. The molecular formula is C13H21N3O. The molecule has 2 N–H and O–H groups in total. The number of ether oxygens (including phenoxy) is 1. The molecule has 0 saturated carbocycles. The third kappa shape index (κ3) is 2.69. The molecule has 0 bridgehead atoms. The number of fused-ring (bicyclic) bond motifs is 1. The molecular weight excluding hydrogens is 214 g/mol. The number of nitrogen functional groups attached to an aromatic ring is 1. The molecule has 0 aromatic carbocycles. The lowest BCUT2D eigenvalue weighted by Gasteiger charge is -2.17. The number of rotatable bonds is 3. The zero-order chi connectivity index (χ0) is 12.3. The van der Waals surface area contributed by atoms with E-state index in [4.69, 9.17) is 10.5 Å². The maximum Gasteiger partial charge on any atom is 0.237 e. The molecule has 0 unspecified atom stereocenters. The minimum absolute atomic E-state index is 0.563. The molecule has 0 aliphatic carbocycles. The Kier molecular flexibility index (Phi) is 3.84. The monoisotopic (exact) mass is 235 g/mol. The van der Waals surface area contributed by atoms with Crippen LogP contribution in [0, 0.1) is 0 Å². The van der Waals surface area contributed by atoms with Crippen molar-refractivity contribution in [2.24, 2.45) is 0 Å². The Hall–Kier alpha value is -1.29. The number of nitrogens with zero attached hydrogens (tertiary/aromatic N) is 2. The van der Waals surface area contributed by atoms with Crippen molar-refractivity contribution in [2.45, 2.75) is 26.2 Å². The minimum Gasteiger partial charge on any atom is -0.480 e. The molecule has 4 nitrogen and oxygen atoms in total. The van der Waals surface area contributed by atoms with E-state index in [1.807, 2.05) is 6.07 Å². The first kappa shape index (κ1) is 12.2. The molecule has 0 fully saturated rings. The first-order valence-corrected chi connectivity index (χ1v) is 6.29. The molecule has 17 heavy (non-hydrogen) atoms. The van der Waals surface area contributed by atoms with Crippen LogP contribution in [0.4, 0.5) is 5.69 Å². The lowest BCUT2D eigenvalue weighted by molar-refractivity contribution is 0.287. The van der Waals surface area contributed by atoms with Crippen LogP contribution in [0.1, 0.15) is 24.6 Å². The summed E-state index contributed by atoms with van der Waals surface area (Å²) in [7, 11) is 1.62. The van der Waals surface area contributed by atoms with Gasteiger partial charge in [0.15, 0.2) is 0 Å². The smallest absolute Gasteiger partial charge is 0.237 e. The van der Waals surface area contributed by atoms with Gasteiger partial charge in [-0.2, -0.15) is 0 Å². The van der Waals surface area contributed by atoms with E-state index in [1.54, 1.807) is 7.11 Å². The fraction of sp³-hybridized carbons (Fsp3) is 0.615. The Morgan fingerprint density at radius 1 is 1.41 bits per heavy atom. The molecule has 4 heteroatoms. The topological polar surface area (TPSA) is 51.4 Å². The number of anilines is 1. The van der Waals surface area contributed by atoms with Crippen LogP contribution in [-0.2, 0) is 12.8 Å². The summed E-state index contributed by atoms with van der Waals surface area (Å²) in [5, 5.41) is 0. The van der Waals surface area contributed by atoms with Gasteiger partial charge >= 0.3 is 0 Å². The highest BCUT2D eigenvalue weighted by Gasteiger charge is 2.16. The van der Waals surface area contributed by atoms with E-state index in [1.165, 1.54) is 18.5 Å². The number of methoxy groups -OCH3 is 1. The molecule has 1 aliphatic heterocycles. The van der Waals surface area contributed by atoms with Crippen molar-refractivity contribution in [2.75, 3.05) is 32.5 Å². The molecule has 1 aliphatic rings. The van der Waals surface area contributed by atoms with Gasteiger partial charge in [-0.1, -0.05) is 6.92 Å². The Morgan fingerprint density at radius 3 is 2.88 bits per heavy atom. The minimum atomic E-state index is 0.563. The molecule has 0 radical (unpaired) electrons. The number of aromatic nitrogens is 1. The number of hydrogen-bond donors (Lipinski definition) is 1. The third-order valence-electron chi connectivity index (χ3n) is 3.28. The van der Waals surface area contributed by atoms with E-state index in [0.717, 1.165) is 31.6 Å². The van der Waals surface area contributed by atoms with Crippen molar-refractivity contribution in [1.29, 1.82) is 0 Å². The van der Waals surface area contributed by atoms with Gasteiger partial charge in [0.1, 0.15) is 0 Å². The Morgan fingerprint density at radius 2 is 2.18 bits per heavy atom. The summed E-state index contributed by atoms with van der Waals surface area (Å²) < 4.78 is 5.18. The van der Waals surface area contributed by atoms with Gasteiger partial charge in [0.2, 0.25) is 5.88 Å². The maximum absolute atomic E-state index is 5.90. The van der Waals surface area contributed by atoms with Gasteiger partial charge in [0.05, 0.1) is 12.8 Å². The highest BCUT2D eigenvalue weighted by Crippen LogP contribution is 2.24. The molecule has 0 saturated heterocycles. The number of nitrogens with two attached hydrogens (primary N) is 1. The summed E-state index contributed by atoms with van der Waals surface area (Å²) in [5.74, 6) is 0.563. The summed E-state index contributed by atoms with van der Waals surface area (Å²) in [4.78, 5) is 7.00. The van der Waals surface area contributed by atoms with E-state index in [2.05, 4.69) is 16.8 Å². The summed E-state index contributed by atoms with van der Waals surface area (Å²) in [6.45, 7) is 5.58. The van der Waals surface area contributed by atoms with E-state index in [0.29, 0.717) is 11.6 Å². The van der Waals surface area contributed by atoms with Crippen LogP contribution in [0.15, 0.2) is 6.07 Å². The average molecular weight is 235 g/mol. The van der Waals surface area contributed by atoms with Gasteiger partial charge in [-0.3, -0.25) is 0 Å². The standard InChI is InChI=1S/C13H21N3O/c1-3-6-16-7-4-10-9-11(14)13(17-2)15-12(10)5-8-16/h9H,3-8,14H2,1-2H3. The predicted molar refractivity (Wildman–Crippen MR) is 69.3 cm³/mol. The molecule has 0 atom stereocenters. The lowest BCUT2D eigenvalue weighted by Crippen LogP contribution is -2.27. The van der Waals surface area contributed by atoms with Crippen LogP contribution >= 0.6 is 0 Å².